The van der Waals surface area contributed by atoms with Crippen molar-refractivity contribution in [2.75, 3.05) is 6.54 Å². The van der Waals surface area contributed by atoms with Gasteiger partial charge in [0.15, 0.2) is 11.7 Å². The summed E-state index contributed by atoms with van der Waals surface area (Å²) < 4.78 is 5.90. The fourth-order valence-electron chi connectivity index (χ4n) is 3.92. The van der Waals surface area contributed by atoms with Crippen molar-refractivity contribution in [1.29, 1.82) is 0 Å². The van der Waals surface area contributed by atoms with Crippen molar-refractivity contribution in [3.63, 3.8) is 0 Å². The maximum atomic E-state index is 12.6. The normalized spacial score (nSPS) is 13.6. The first kappa shape index (κ1) is 19.4. The molecule has 2 heterocycles. The first-order chi connectivity index (χ1) is 14.1. The summed E-state index contributed by atoms with van der Waals surface area (Å²) in [6, 6.07) is 16.8. The summed E-state index contributed by atoms with van der Waals surface area (Å²) in [6.07, 6.45) is 4.72. The van der Waals surface area contributed by atoms with E-state index in [1.807, 2.05) is 11.0 Å². The van der Waals surface area contributed by atoms with E-state index in [1.165, 1.54) is 16.7 Å². The van der Waals surface area contributed by atoms with Crippen LogP contribution in [0.1, 0.15) is 42.8 Å². The van der Waals surface area contributed by atoms with Gasteiger partial charge in [0.1, 0.15) is 0 Å². The van der Waals surface area contributed by atoms with Gasteiger partial charge in [0.25, 0.3) is 0 Å². The Balaban J connectivity index is 1.33. The maximum Gasteiger partial charge on any atom is 0.223 e. The van der Waals surface area contributed by atoms with E-state index in [4.69, 9.17) is 4.42 Å². The largest absolute Gasteiger partial charge is 0.441 e. The number of hydrogen-bond acceptors (Lipinski definition) is 3. The minimum Gasteiger partial charge on any atom is -0.441 e. The number of carbonyl (C=O) groups is 1. The Morgan fingerprint density at radius 2 is 1.86 bits per heavy atom. The number of amides is 1. The van der Waals surface area contributed by atoms with Crippen LogP contribution in [0.2, 0.25) is 0 Å². The number of aromatic nitrogens is 1. The van der Waals surface area contributed by atoms with E-state index in [2.05, 4.69) is 61.3 Å². The van der Waals surface area contributed by atoms with E-state index < -0.39 is 0 Å². The van der Waals surface area contributed by atoms with Gasteiger partial charge in [-0.1, -0.05) is 62.4 Å². The van der Waals surface area contributed by atoms with Crippen molar-refractivity contribution in [1.82, 2.24) is 9.88 Å². The van der Waals surface area contributed by atoms with Gasteiger partial charge in [0.2, 0.25) is 5.91 Å². The molecule has 4 heteroatoms. The average molecular weight is 389 g/mol. The highest BCUT2D eigenvalue weighted by Crippen LogP contribution is 2.23. The molecule has 1 aliphatic heterocycles. The van der Waals surface area contributed by atoms with Crippen LogP contribution in [-0.2, 0) is 30.6 Å². The Labute approximate surface area is 172 Å². The van der Waals surface area contributed by atoms with E-state index >= 15 is 0 Å². The van der Waals surface area contributed by atoms with Crippen molar-refractivity contribution in [2.24, 2.45) is 5.92 Å². The molecule has 4 nitrogen and oxygen atoms in total. The molecule has 0 saturated carbocycles. The predicted molar refractivity (Wildman–Crippen MR) is 114 cm³/mol. The molecule has 0 unspecified atom stereocenters. The second-order valence-corrected chi connectivity index (χ2v) is 8.25. The third-order valence-corrected chi connectivity index (χ3v) is 5.47. The highest BCUT2D eigenvalue weighted by molar-refractivity contribution is 5.76. The van der Waals surface area contributed by atoms with Crippen molar-refractivity contribution < 1.29 is 9.21 Å². The zero-order valence-corrected chi connectivity index (χ0v) is 17.2. The van der Waals surface area contributed by atoms with Crippen LogP contribution < -0.4 is 0 Å². The van der Waals surface area contributed by atoms with Crippen LogP contribution in [0.15, 0.2) is 59.1 Å². The predicted octanol–water partition coefficient (Wildman–Crippen LogP) is 5.06. The lowest BCUT2D eigenvalue weighted by Gasteiger charge is -2.28. The Bertz CT molecular complexity index is 972. The number of fused-ring (bicyclic) bond motifs is 1. The van der Waals surface area contributed by atoms with E-state index in [1.54, 1.807) is 6.20 Å². The lowest BCUT2D eigenvalue weighted by Crippen LogP contribution is -2.36. The molecule has 1 aromatic heterocycles. The molecule has 3 aromatic rings. The molecule has 0 bridgehead atoms. The summed E-state index contributed by atoms with van der Waals surface area (Å²) in [5.74, 6) is 2.19. The second kappa shape index (κ2) is 8.64. The summed E-state index contributed by atoms with van der Waals surface area (Å²) in [4.78, 5) is 19.0. The van der Waals surface area contributed by atoms with E-state index in [0.717, 1.165) is 30.7 Å². The number of carbonyl (C=O) groups excluding carboxylic acids is 1. The van der Waals surface area contributed by atoms with Gasteiger partial charge in [-0.25, -0.2) is 4.98 Å². The highest BCUT2D eigenvalue weighted by atomic mass is 16.4. The molecule has 1 aliphatic rings. The maximum absolute atomic E-state index is 12.6. The summed E-state index contributed by atoms with van der Waals surface area (Å²) in [6.45, 7) is 5.94. The van der Waals surface area contributed by atoms with E-state index in [0.29, 0.717) is 31.2 Å². The summed E-state index contributed by atoms with van der Waals surface area (Å²) in [5, 5.41) is 0. The monoisotopic (exact) mass is 388 g/mol. The molecular weight excluding hydrogens is 360 g/mol. The first-order valence-electron chi connectivity index (χ1n) is 10.5. The Hall–Kier alpha value is -2.88. The third-order valence-electron chi connectivity index (χ3n) is 5.47. The molecule has 0 fully saturated rings. The minimum absolute atomic E-state index is 0.164. The summed E-state index contributed by atoms with van der Waals surface area (Å²) >= 11 is 0. The van der Waals surface area contributed by atoms with Crippen molar-refractivity contribution in [3.8, 4) is 11.3 Å². The smallest absolute Gasteiger partial charge is 0.223 e. The zero-order chi connectivity index (χ0) is 20.2. The van der Waals surface area contributed by atoms with Crippen molar-refractivity contribution in [3.05, 3.63) is 77.3 Å². The van der Waals surface area contributed by atoms with Crippen LogP contribution in [0.5, 0.6) is 0 Å². The van der Waals surface area contributed by atoms with Crippen LogP contribution in [0.4, 0.5) is 0 Å². The number of oxazole rings is 1. The van der Waals surface area contributed by atoms with E-state index in [9.17, 15) is 4.79 Å². The Morgan fingerprint density at radius 1 is 1.10 bits per heavy atom. The van der Waals surface area contributed by atoms with Crippen LogP contribution in [0.25, 0.3) is 11.3 Å². The van der Waals surface area contributed by atoms with Gasteiger partial charge in [-0.3, -0.25) is 4.79 Å². The third kappa shape index (κ3) is 4.76. The number of benzene rings is 2. The molecule has 2 aromatic carbocycles. The van der Waals surface area contributed by atoms with Crippen LogP contribution >= 0.6 is 0 Å². The second-order valence-electron chi connectivity index (χ2n) is 8.25. The first-order valence-corrected chi connectivity index (χ1v) is 10.5. The van der Waals surface area contributed by atoms with Gasteiger partial charge in [0, 0.05) is 31.5 Å². The number of nitrogens with zero attached hydrogens (tertiary/aromatic N) is 2. The molecule has 0 spiro atoms. The summed E-state index contributed by atoms with van der Waals surface area (Å²) in [5.41, 5.74) is 4.96. The van der Waals surface area contributed by atoms with Crippen LogP contribution in [0.3, 0.4) is 0 Å². The average Bonchev–Trinajstić information content (AvgIpc) is 3.21. The zero-order valence-electron chi connectivity index (χ0n) is 17.2. The lowest BCUT2D eigenvalue weighted by molar-refractivity contribution is -0.132. The van der Waals surface area contributed by atoms with E-state index in [-0.39, 0.29) is 5.91 Å². The SMILES string of the molecule is CC(C)Cc1ccc(-c2cnc(CCC(=O)N3CCc4ccccc4C3)o2)cc1. The topological polar surface area (TPSA) is 46.3 Å². The highest BCUT2D eigenvalue weighted by Gasteiger charge is 2.20. The number of rotatable bonds is 6. The molecule has 0 radical (unpaired) electrons. The lowest BCUT2D eigenvalue weighted by atomic mass is 9.99. The van der Waals surface area contributed by atoms with Gasteiger partial charge in [-0.15, -0.1) is 0 Å². The molecule has 0 atom stereocenters. The fraction of sp³-hybridized carbons (Fsp3) is 0.360. The number of aryl methyl sites for hydroxylation is 1. The molecule has 0 N–H and O–H groups in total. The van der Waals surface area contributed by atoms with Crippen LogP contribution in [0, 0.1) is 5.92 Å². The molecule has 0 saturated heterocycles. The number of hydrogen-bond donors (Lipinski definition) is 0. The van der Waals surface area contributed by atoms with Gasteiger partial charge in [-0.05, 0) is 35.4 Å². The molecule has 29 heavy (non-hydrogen) atoms. The molecule has 1 amide bonds. The standard InChI is InChI=1S/C25H28N2O2/c1-18(2)15-19-7-9-21(10-8-19)23-16-26-24(29-23)11-12-25(28)27-14-13-20-5-3-4-6-22(20)17-27/h3-10,16,18H,11-15,17H2,1-2H3. The van der Waals surface area contributed by atoms with Gasteiger partial charge in [0.05, 0.1) is 6.20 Å². The molecule has 150 valence electrons. The summed E-state index contributed by atoms with van der Waals surface area (Å²) in [7, 11) is 0. The Morgan fingerprint density at radius 3 is 2.62 bits per heavy atom. The molecule has 4 rings (SSSR count). The van der Waals surface area contributed by atoms with Gasteiger partial charge < -0.3 is 9.32 Å². The van der Waals surface area contributed by atoms with Crippen molar-refractivity contribution in [2.45, 2.75) is 46.1 Å². The van der Waals surface area contributed by atoms with Crippen molar-refractivity contribution >= 4 is 5.91 Å². The molecule has 0 aliphatic carbocycles. The Kier molecular flexibility index (Phi) is 5.79. The van der Waals surface area contributed by atoms with Gasteiger partial charge in [-0.2, -0.15) is 0 Å². The van der Waals surface area contributed by atoms with Crippen LogP contribution in [-0.4, -0.2) is 22.3 Å². The van der Waals surface area contributed by atoms with Gasteiger partial charge >= 0.3 is 0 Å². The molecular formula is C25H28N2O2. The fourth-order valence-corrected chi connectivity index (χ4v) is 3.92. The quantitative estimate of drug-likeness (QED) is 0.593. The minimum atomic E-state index is 0.164.